The fraction of sp³-hybridized carbons (Fsp3) is 0.941. The maximum atomic E-state index is 11.7. The molecule has 0 aromatic rings. The number of alkyl halides is 1. The molecule has 0 radical (unpaired) electrons. The van der Waals surface area contributed by atoms with E-state index in [2.05, 4.69) is 42.0 Å². The van der Waals surface area contributed by atoms with E-state index < -0.39 is 0 Å². The first kappa shape index (κ1) is 15.8. The van der Waals surface area contributed by atoms with E-state index in [1.807, 2.05) is 0 Å². The monoisotopic (exact) mass is 357 g/mol. The van der Waals surface area contributed by atoms with Crippen LogP contribution in [0.3, 0.4) is 0 Å². The van der Waals surface area contributed by atoms with Gasteiger partial charge < -0.3 is 10.1 Å². The van der Waals surface area contributed by atoms with Crippen molar-refractivity contribution in [1.82, 2.24) is 5.32 Å². The van der Waals surface area contributed by atoms with Gasteiger partial charge in [-0.05, 0) is 63.2 Å². The zero-order valence-corrected chi connectivity index (χ0v) is 15.3. The minimum Gasteiger partial charge on any atom is -0.366 e. The summed E-state index contributed by atoms with van der Waals surface area (Å²) < 4.78 is 6.71. The molecule has 1 heterocycles. The van der Waals surface area contributed by atoms with E-state index in [0.717, 1.165) is 11.8 Å². The number of hydrogen-bond donors (Lipinski definition) is 1. The molecule has 0 spiro atoms. The highest BCUT2D eigenvalue weighted by molar-refractivity contribution is 9.09. The molecule has 2 aliphatic carbocycles. The number of rotatable bonds is 2. The maximum Gasteiger partial charge on any atom is 0.217 e. The Morgan fingerprint density at radius 3 is 2.62 bits per heavy atom. The van der Waals surface area contributed by atoms with Gasteiger partial charge in [0.15, 0.2) is 0 Å². The second-order valence-electron chi connectivity index (χ2n) is 8.27. The molecule has 21 heavy (non-hydrogen) atoms. The molecule has 3 rings (SSSR count). The summed E-state index contributed by atoms with van der Waals surface area (Å²) in [6, 6.07) is 0.132. The smallest absolute Gasteiger partial charge is 0.217 e. The first-order valence-corrected chi connectivity index (χ1v) is 9.39. The van der Waals surface area contributed by atoms with Crippen molar-refractivity contribution >= 4 is 21.8 Å². The second kappa shape index (κ2) is 4.95. The second-order valence-corrected chi connectivity index (χ2v) is 8.83. The summed E-state index contributed by atoms with van der Waals surface area (Å²) in [6.07, 6.45) is 6.19. The van der Waals surface area contributed by atoms with Crippen molar-refractivity contribution in [3.05, 3.63) is 0 Å². The quantitative estimate of drug-likeness (QED) is 0.766. The SMILES string of the molecule is CC(=O)N[C@H]1[C@H]2CC[C@]3(C)CCC[C@](CBr)(OC1(C)C)[C@H]23. The zero-order chi connectivity index (χ0) is 15.5. The molecule has 3 aliphatic rings. The van der Waals surface area contributed by atoms with Crippen molar-refractivity contribution in [2.45, 2.75) is 77.0 Å². The third-order valence-corrected chi connectivity index (χ3v) is 7.32. The highest BCUT2D eigenvalue weighted by atomic mass is 79.9. The molecule has 120 valence electrons. The summed E-state index contributed by atoms with van der Waals surface area (Å²) in [4.78, 5) is 11.7. The fourth-order valence-electron chi connectivity index (χ4n) is 5.84. The molecule has 4 heteroatoms. The summed E-state index contributed by atoms with van der Waals surface area (Å²) in [7, 11) is 0. The van der Waals surface area contributed by atoms with Gasteiger partial charge in [0, 0.05) is 12.3 Å². The zero-order valence-electron chi connectivity index (χ0n) is 13.7. The van der Waals surface area contributed by atoms with Gasteiger partial charge in [-0.3, -0.25) is 4.79 Å². The van der Waals surface area contributed by atoms with E-state index in [-0.39, 0.29) is 23.2 Å². The van der Waals surface area contributed by atoms with Crippen LogP contribution < -0.4 is 5.32 Å². The van der Waals surface area contributed by atoms with Gasteiger partial charge in [0.2, 0.25) is 5.91 Å². The Morgan fingerprint density at radius 1 is 1.29 bits per heavy atom. The van der Waals surface area contributed by atoms with Crippen LogP contribution in [-0.4, -0.2) is 28.5 Å². The van der Waals surface area contributed by atoms with Crippen LogP contribution in [0, 0.1) is 17.3 Å². The van der Waals surface area contributed by atoms with E-state index >= 15 is 0 Å². The Bertz CT molecular complexity index is 452. The molecule has 0 bridgehead atoms. The molecule has 0 aromatic carbocycles. The molecule has 0 unspecified atom stereocenters. The third-order valence-electron chi connectivity index (χ3n) is 6.37. The Kier molecular flexibility index (Phi) is 3.73. The van der Waals surface area contributed by atoms with Crippen LogP contribution >= 0.6 is 15.9 Å². The molecule has 1 aliphatic heterocycles. The normalized spacial score (nSPS) is 47.8. The first-order chi connectivity index (χ1) is 9.74. The molecule has 0 aromatic heterocycles. The predicted octanol–water partition coefficient (Wildman–Crippen LogP) is 3.65. The molecule has 1 saturated heterocycles. The van der Waals surface area contributed by atoms with Gasteiger partial charge in [0.25, 0.3) is 0 Å². The largest absolute Gasteiger partial charge is 0.366 e. The Balaban J connectivity index is 2.03. The number of halogens is 1. The van der Waals surface area contributed by atoms with Crippen LogP contribution in [0.1, 0.15) is 59.8 Å². The Labute approximate surface area is 136 Å². The van der Waals surface area contributed by atoms with E-state index in [9.17, 15) is 4.79 Å². The molecule has 3 nitrogen and oxygen atoms in total. The van der Waals surface area contributed by atoms with E-state index in [1.54, 1.807) is 6.92 Å². The van der Waals surface area contributed by atoms with Crippen LogP contribution in [0.25, 0.3) is 0 Å². The maximum absolute atomic E-state index is 11.7. The van der Waals surface area contributed by atoms with Gasteiger partial charge in [-0.2, -0.15) is 0 Å². The van der Waals surface area contributed by atoms with Crippen molar-refractivity contribution in [3.8, 4) is 0 Å². The van der Waals surface area contributed by atoms with Gasteiger partial charge in [0.05, 0.1) is 17.2 Å². The molecule has 1 N–H and O–H groups in total. The lowest BCUT2D eigenvalue weighted by Gasteiger charge is -2.61. The van der Waals surface area contributed by atoms with Gasteiger partial charge in [-0.15, -0.1) is 0 Å². The van der Waals surface area contributed by atoms with Crippen molar-refractivity contribution in [2.24, 2.45) is 17.3 Å². The summed E-state index contributed by atoms with van der Waals surface area (Å²) in [5.74, 6) is 1.16. The van der Waals surface area contributed by atoms with Crippen LogP contribution in [0.2, 0.25) is 0 Å². The molecule has 3 fully saturated rings. The average Bonchev–Trinajstić information content (AvgIpc) is 2.73. The molecule has 5 atom stereocenters. The topological polar surface area (TPSA) is 38.3 Å². The van der Waals surface area contributed by atoms with E-state index in [4.69, 9.17) is 4.74 Å². The molecule has 1 amide bonds. The summed E-state index contributed by atoms with van der Waals surface area (Å²) in [5.41, 5.74) is 0.0275. The third kappa shape index (κ3) is 2.28. The Hall–Kier alpha value is -0.0900. The number of carbonyl (C=O) groups excluding carboxylic acids is 1. The lowest BCUT2D eigenvalue weighted by atomic mass is 9.57. The highest BCUT2D eigenvalue weighted by Crippen LogP contribution is 2.64. The number of hydrogen-bond acceptors (Lipinski definition) is 2. The van der Waals surface area contributed by atoms with Gasteiger partial charge in [-0.1, -0.05) is 22.9 Å². The lowest BCUT2D eigenvalue weighted by molar-refractivity contribution is -0.250. The summed E-state index contributed by atoms with van der Waals surface area (Å²) in [5, 5.41) is 4.12. The number of nitrogens with one attached hydrogen (secondary N) is 1. The summed E-state index contributed by atoms with van der Waals surface area (Å²) in [6.45, 7) is 8.37. The van der Waals surface area contributed by atoms with Gasteiger partial charge >= 0.3 is 0 Å². The Morgan fingerprint density at radius 2 is 2.00 bits per heavy atom. The first-order valence-electron chi connectivity index (χ1n) is 8.27. The van der Waals surface area contributed by atoms with E-state index in [0.29, 0.717) is 17.3 Å². The number of carbonyl (C=O) groups is 1. The number of amides is 1. The molecular formula is C17H28BrNO2. The van der Waals surface area contributed by atoms with Crippen molar-refractivity contribution in [1.29, 1.82) is 0 Å². The average molecular weight is 358 g/mol. The van der Waals surface area contributed by atoms with Gasteiger partial charge in [0.1, 0.15) is 0 Å². The molecule has 2 saturated carbocycles. The van der Waals surface area contributed by atoms with Crippen LogP contribution in [0.4, 0.5) is 0 Å². The predicted molar refractivity (Wildman–Crippen MR) is 87.5 cm³/mol. The lowest BCUT2D eigenvalue weighted by Crippen LogP contribution is -2.69. The van der Waals surface area contributed by atoms with Crippen molar-refractivity contribution < 1.29 is 9.53 Å². The van der Waals surface area contributed by atoms with Crippen molar-refractivity contribution in [3.63, 3.8) is 0 Å². The molecular weight excluding hydrogens is 330 g/mol. The van der Waals surface area contributed by atoms with E-state index in [1.165, 1.54) is 25.7 Å². The highest BCUT2D eigenvalue weighted by Gasteiger charge is 2.65. The van der Waals surface area contributed by atoms with Gasteiger partial charge in [-0.25, -0.2) is 0 Å². The fourth-order valence-corrected chi connectivity index (χ4v) is 6.59. The minimum atomic E-state index is -0.302. The van der Waals surface area contributed by atoms with Crippen LogP contribution in [-0.2, 0) is 9.53 Å². The van der Waals surface area contributed by atoms with Crippen LogP contribution in [0.15, 0.2) is 0 Å². The van der Waals surface area contributed by atoms with Crippen molar-refractivity contribution in [2.75, 3.05) is 5.33 Å². The minimum absolute atomic E-state index is 0.0490. The van der Waals surface area contributed by atoms with Crippen LogP contribution in [0.5, 0.6) is 0 Å². The summed E-state index contributed by atoms with van der Waals surface area (Å²) >= 11 is 3.76. The number of ether oxygens (including phenoxy) is 1. The standard InChI is InChI=1S/C17H28BrNO2/c1-11(20)19-14-12-6-9-16(4)7-5-8-17(10-18,13(12)16)21-15(14,2)3/h12-14H,5-10H2,1-4H3,(H,19,20)/t12-,13+,14-,16-,17+/m0/s1.